The van der Waals surface area contributed by atoms with Gasteiger partial charge >= 0.3 is 0 Å². The summed E-state index contributed by atoms with van der Waals surface area (Å²) in [6.07, 6.45) is 9.79. The summed E-state index contributed by atoms with van der Waals surface area (Å²) >= 11 is 0. The van der Waals surface area contributed by atoms with Gasteiger partial charge in [0, 0.05) is 32.2 Å². The minimum Gasteiger partial charge on any atom is -0.298 e. The Morgan fingerprint density at radius 2 is 1.55 bits per heavy atom. The van der Waals surface area contributed by atoms with Crippen LogP contribution in [0, 0.1) is 0 Å². The lowest BCUT2D eigenvalue weighted by Crippen LogP contribution is -2.52. The van der Waals surface area contributed by atoms with Gasteiger partial charge in [-0.1, -0.05) is 39.0 Å². The average Bonchev–Trinajstić information content (AvgIpc) is 2.74. The summed E-state index contributed by atoms with van der Waals surface area (Å²) in [5, 5.41) is 0. The lowest BCUT2D eigenvalue weighted by atomic mass is 10.1. The Hall–Kier alpha value is -0.130. The van der Waals surface area contributed by atoms with Gasteiger partial charge in [-0.15, -0.1) is 0 Å². The topological polar surface area (TPSA) is 40.6 Å². The van der Waals surface area contributed by atoms with Crippen molar-refractivity contribution in [1.82, 2.24) is 9.21 Å². The van der Waals surface area contributed by atoms with Crippen molar-refractivity contribution in [2.75, 3.05) is 31.9 Å². The van der Waals surface area contributed by atoms with E-state index >= 15 is 0 Å². The molecule has 0 amide bonds. The molecule has 20 heavy (non-hydrogen) atoms. The molecule has 4 nitrogen and oxygen atoms in total. The van der Waals surface area contributed by atoms with Gasteiger partial charge in [0.15, 0.2) is 0 Å². The molecule has 2 fully saturated rings. The van der Waals surface area contributed by atoms with Crippen LogP contribution in [0.5, 0.6) is 0 Å². The Balaban J connectivity index is 1.82. The molecule has 0 unspecified atom stereocenters. The Bertz CT molecular complexity index is 367. The van der Waals surface area contributed by atoms with Crippen LogP contribution in [-0.2, 0) is 10.0 Å². The number of hydrogen-bond donors (Lipinski definition) is 0. The van der Waals surface area contributed by atoms with Gasteiger partial charge in [0.1, 0.15) is 0 Å². The number of unbranched alkanes of at least 4 members (excludes halogenated alkanes) is 1. The molecule has 1 heterocycles. The van der Waals surface area contributed by atoms with Crippen molar-refractivity contribution in [2.45, 2.75) is 64.3 Å². The van der Waals surface area contributed by atoms with Crippen LogP contribution in [0.2, 0.25) is 0 Å². The largest absolute Gasteiger partial charge is 0.298 e. The first-order valence-corrected chi connectivity index (χ1v) is 9.96. The molecule has 0 N–H and O–H groups in total. The number of piperazine rings is 1. The molecule has 1 aliphatic carbocycles. The maximum absolute atomic E-state index is 12.2. The molecule has 0 spiro atoms. The van der Waals surface area contributed by atoms with Crippen LogP contribution in [-0.4, -0.2) is 55.6 Å². The molecule has 2 aliphatic rings. The molecular weight excluding hydrogens is 272 g/mol. The van der Waals surface area contributed by atoms with Crippen LogP contribution in [0.3, 0.4) is 0 Å². The summed E-state index contributed by atoms with van der Waals surface area (Å²) in [5.41, 5.74) is 0. The fourth-order valence-electron chi connectivity index (χ4n) is 3.43. The van der Waals surface area contributed by atoms with Crippen molar-refractivity contribution in [3.8, 4) is 0 Å². The minimum atomic E-state index is -3.00. The zero-order valence-electron chi connectivity index (χ0n) is 12.9. The number of hydrogen-bond acceptors (Lipinski definition) is 3. The normalized spacial score (nSPS) is 24.6. The SMILES string of the molecule is CCCCS(=O)(=O)N1CCN(C2CCCCCC2)CC1. The maximum Gasteiger partial charge on any atom is 0.214 e. The van der Waals surface area contributed by atoms with Crippen molar-refractivity contribution in [2.24, 2.45) is 0 Å². The van der Waals surface area contributed by atoms with Crippen LogP contribution in [0.4, 0.5) is 0 Å². The number of sulfonamides is 1. The molecule has 0 aromatic carbocycles. The van der Waals surface area contributed by atoms with Gasteiger partial charge in [-0.05, 0) is 19.3 Å². The van der Waals surface area contributed by atoms with E-state index in [4.69, 9.17) is 0 Å². The van der Waals surface area contributed by atoms with E-state index in [1.807, 2.05) is 6.92 Å². The summed E-state index contributed by atoms with van der Waals surface area (Å²) in [6.45, 7) is 5.29. The molecule has 5 heteroatoms. The molecule has 0 aromatic rings. The molecule has 0 atom stereocenters. The predicted octanol–water partition coefficient (Wildman–Crippen LogP) is 2.46. The summed E-state index contributed by atoms with van der Waals surface area (Å²) in [5.74, 6) is 0.326. The zero-order chi connectivity index (χ0) is 14.4. The minimum absolute atomic E-state index is 0.326. The molecule has 1 saturated heterocycles. The smallest absolute Gasteiger partial charge is 0.214 e. The van der Waals surface area contributed by atoms with E-state index in [1.165, 1.54) is 38.5 Å². The van der Waals surface area contributed by atoms with Crippen LogP contribution in [0.1, 0.15) is 58.3 Å². The number of nitrogens with zero attached hydrogens (tertiary/aromatic N) is 2. The van der Waals surface area contributed by atoms with Crippen LogP contribution >= 0.6 is 0 Å². The van der Waals surface area contributed by atoms with Gasteiger partial charge in [-0.25, -0.2) is 8.42 Å². The van der Waals surface area contributed by atoms with Crippen molar-refractivity contribution in [3.63, 3.8) is 0 Å². The zero-order valence-corrected chi connectivity index (χ0v) is 13.7. The van der Waals surface area contributed by atoms with Crippen molar-refractivity contribution in [3.05, 3.63) is 0 Å². The van der Waals surface area contributed by atoms with Crippen molar-refractivity contribution >= 4 is 10.0 Å². The molecule has 0 bridgehead atoms. The second kappa shape index (κ2) is 7.76. The summed E-state index contributed by atoms with van der Waals surface area (Å²) in [7, 11) is -3.00. The standard InChI is InChI=1S/C15H30N2O2S/c1-2-3-14-20(18,19)17-12-10-16(11-13-17)15-8-6-4-5-7-9-15/h15H,2-14H2,1H3. The average molecular weight is 302 g/mol. The Labute approximate surface area is 124 Å². The van der Waals surface area contributed by atoms with Gasteiger partial charge in [0.25, 0.3) is 0 Å². The Morgan fingerprint density at radius 1 is 0.950 bits per heavy atom. The van der Waals surface area contributed by atoms with Gasteiger partial charge in [-0.3, -0.25) is 4.90 Å². The molecule has 0 aromatic heterocycles. The molecule has 0 radical (unpaired) electrons. The van der Waals surface area contributed by atoms with E-state index < -0.39 is 10.0 Å². The van der Waals surface area contributed by atoms with Crippen LogP contribution in [0.25, 0.3) is 0 Å². The van der Waals surface area contributed by atoms with Crippen molar-refractivity contribution < 1.29 is 8.42 Å². The second-order valence-corrected chi connectivity index (χ2v) is 8.34. The fourth-order valence-corrected chi connectivity index (χ4v) is 5.06. The highest BCUT2D eigenvalue weighted by Crippen LogP contribution is 2.23. The van der Waals surface area contributed by atoms with Crippen LogP contribution in [0.15, 0.2) is 0 Å². The van der Waals surface area contributed by atoms with E-state index in [9.17, 15) is 8.42 Å². The predicted molar refractivity (Wildman–Crippen MR) is 83.3 cm³/mol. The molecule has 1 aliphatic heterocycles. The summed E-state index contributed by atoms with van der Waals surface area (Å²) in [6, 6.07) is 0.706. The van der Waals surface area contributed by atoms with Gasteiger partial charge in [-0.2, -0.15) is 4.31 Å². The fraction of sp³-hybridized carbons (Fsp3) is 1.00. The Morgan fingerprint density at radius 3 is 2.10 bits per heavy atom. The first kappa shape index (κ1) is 16.2. The number of rotatable bonds is 5. The van der Waals surface area contributed by atoms with E-state index in [2.05, 4.69) is 4.90 Å². The maximum atomic E-state index is 12.2. The van der Waals surface area contributed by atoms with Gasteiger partial charge in [0.2, 0.25) is 10.0 Å². The first-order valence-electron chi connectivity index (χ1n) is 8.35. The summed E-state index contributed by atoms with van der Waals surface area (Å²) in [4.78, 5) is 2.54. The summed E-state index contributed by atoms with van der Waals surface area (Å²) < 4.78 is 26.1. The third-order valence-corrected chi connectivity index (χ3v) is 6.72. The van der Waals surface area contributed by atoms with Crippen molar-refractivity contribution in [1.29, 1.82) is 0 Å². The van der Waals surface area contributed by atoms with Gasteiger partial charge < -0.3 is 0 Å². The highest BCUT2D eigenvalue weighted by molar-refractivity contribution is 7.89. The van der Waals surface area contributed by atoms with E-state index in [0.29, 0.717) is 24.9 Å². The van der Waals surface area contributed by atoms with E-state index in [1.54, 1.807) is 4.31 Å². The highest BCUT2D eigenvalue weighted by atomic mass is 32.2. The molecular formula is C15H30N2O2S. The van der Waals surface area contributed by atoms with Crippen LogP contribution < -0.4 is 0 Å². The lowest BCUT2D eigenvalue weighted by Gasteiger charge is -2.38. The Kier molecular flexibility index (Phi) is 6.30. The van der Waals surface area contributed by atoms with E-state index in [0.717, 1.165) is 25.9 Å². The first-order chi connectivity index (χ1) is 9.63. The monoisotopic (exact) mass is 302 g/mol. The molecule has 118 valence electrons. The lowest BCUT2D eigenvalue weighted by molar-refractivity contribution is 0.126. The third-order valence-electron chi connectivity index (χ3n) is 4.76. The molecule has 2 rings (SSSR count). The second-order valence-electron chi connectivity index (χ2n) is 6.25. The molecule has 1 saturated carbocycles. The quantitative estimate of drug-likeness (QED) is 0.733. The highest BCUT2D eigenvalue weighted by Gasteiger charge is 2.29. The van der Waals surface area contributed by atoms with E-state index in [-0.39, 0.29) is 0 Å². The third kappa shape index (κ3) is 4.43. The van der Waals surface area contributed by atoms with Gasteiger partial charge in [0.05, 0.1) is 5.75 Å².